The first-order chi connectivity index (χ1) is 7.19. The van der Waals surface area contributed by atoms with Gasteiger partial charge in [-0.15, -0.1) is 0 Å². The van der Waals surface area contributed by atoms with Gasteiger partial charge in [0.05, 0.1) is 0 Å². The molecule has 2 nitrogen and oxygen atoms in total. The third-order valence-electron chi connectivity index (χ3n) is 2.83. The zero-order chi connectivity index (χ0) is 12.6. The minimum absolute atomic E-state index is 0.00191. The largest absolute Gasteiger partial charge is 0.450 e. The van der Waals surface area contributed by atoms with Gasteiger partial charge in [0.15, 0.2) is 5.44 Å². The van der Waals surface area contributed by atoms with Crippen LogP contribution in [0.2, 0.25) is 0 Å². The van der Waals surface area contributed by atoms with E-state index in [1.54, 1.807) is 11.8 Å². The number of hydrogen-bond donors (Lipinski definition) is 0. The number of cyclic esters (lactones) is 1. The van der Waals surface area contributed by atoms with E-state index >= 15 is 0 Å². The minimum atomic E-state index is -0.408. The summed E-state index contributed by atoms with van der Waals surface area (Å²) in [7, 11) is 0. The van der Waals surface area contributed by atoms with Crippen molar-refractivity contribution in [3.63, 3.8) is 0 Å². The number of allylic oxidation sites excluding steroid dienone is 2. The average Bonchev–Trinajstić information content (AvgIpc) is 2.42. The van der Waals surface area contributed by atoms with E-state index in [9.17, 15) is 4.79 Å². The van der Waals surface area contributed by atoms with Crippen molar-refractivity contribution in [2.45, 2.75) is 58.1 Å². The highest BCUT2D eigenvalue weighted by molar-refractivity contribution is 8.02. The molecule has 0 spiro atoms. The third kappa shape index (κ3) is 2.82. The summed E-state index contributed by atoms with van der Waals surface area (Å²) in [4.78, 5) is 11.9. The first-order valence-corrected chi connectivity index (χ1v) is 6.58. The molecule has 0 saturated carbocycles. The lowest BCUT2D eigenvalue weighted by atomic mass is 9.98. The predicted molar refractivity (Wildman–Crippen MR) is 69.4 cm³/mol. The van der Waals surface area contributed by atoms with Crippen LogP contribution in [0, 0.1) is 5.41 Å². The Hall–Kier alpha value is -0.440. The van der Waals surface area contributed by atoms with Gasteiger partial charge in [0.25, 0.3) is 0 Å². The van der Waals surface area contributed by atoms with Crippen LogP contribution in [0.5, 0.6) is 0 Å². The summed E-state index contributed by atoms with van der Waals surface area (Å²) in [6, 6.07) is 0. The number of esters is 1. The zero-order valence-corrected chi connectivity index (χ0v) is 11.9. The van der Waals surface area contributed by atoms with Crippen LogP contribution in [0.25, 0.3) is 0 Å². The maximum Gasteiger partial charge on any atom is 0.323 e. The first-order valence-electron chi connectivity index (χ1n) is 5.70. The number of rotatable bonds is 2. The van der Waals surface area contributed by atoms with E-state index in [0.29, 0.717) is 0 Å². The molecule has 16 heavy (non-hydrogen) atoms. The Morgan fingerprint density at radius 2 is 2.12 bits per heavy atom. The van der Waals surface area contributed by atoms with Crippen LogP contribution in [0.1, 0.15) is 48.0 Å². The monoisotopic (exact) mass is 242 g/mol. The predicted octanol–water partition coefficient (Wildman–Crippen LogP) is 3.76. The van der Waals surface area contributed by atoms with Gasteiger partial charge in [0.2, 0.25) is 0 Å². The summed E-state index contributed by atoms with van der Waals surface area (Å²) < 4.78 is 5.08. The van der Waals surface area contributed by atoms with Crippen molar-refractivity contribution >= 4 is 17.7 Å². The molecule has 1 heterocycles. The molecule has 0 aromatic rings. The molecule has 2 atom stereocenters. The van der Waals surface area contributed by atoms with Gasteiger partial charge in [0, 0.05) is 5.41 Å². The SMILES string of the molecule is C/C=C(\C)C[C@@]1(C)S[C@H](C(C)(C)C)OC1=O. The Balaban J connectivity index is 2.81. The van der Waals surface area contributed by atoms with Gasteiger partial charge < -0.3 is 4.74 Å². The van der Waals surface area contributed by atoms with E-state index < -0.39 is 4.75 Å². The Morgan fingerprint density at radius 3 is 2.50 bits per heavy atom. The standard InChI is InChI=1S/C13H22O2S/c1-7-9(2)8-13(6)10(14)15-11(16-13)12(3,4)5/h7,11H,8H2,1-6H3/b9-7+/t11-,13-/m1/s1. The highest BCUT2D eigenvalue weighted by atomic mass is 32.2. The molecule has 1 aliphatic heterocycles. The Kier molecular flexibility index (Phi) is 3.78. The molecule has 1 rings (SSSR count). The Bertz CT molecular complexity index is 314. The van der Waals surface area contributed by atoms with Crippen LogP contribution in [0.4, 0.5) is 0 Å². The minimum Gasteiger partial charge on any atom is -0.450 e. The first kappa shape index (κ1) is 13.6. The summed E-state index contributed by atoms with van der Waals surface area (Å²) >= 11 is 1.66. The fraction of sp³-hybridized carbons (Fsp3) is 0.769. The number of hydrogen-bond acceptors (Lipinski definition) is 3. The second kappa shape index (κ2) is 4.44. The second-order valence-electron chi connectivity index (χ2n) is 5.76. The molecule has 0 aromatic heterocycles. The quantitative estimate of drug-likeness (QED) is 0.545. The lowest BCUT2D eigenvalue weighted by molar-refractivity contribution is -0.147. The van der Waals surface area contributed by atoms with E-state index in [-0.39, 0.29) is 16.8 Å². The number of ether oxygens (including phenoxy) is 1. The van der Waals surface area contributed by atoms with E-state index in [1.165, 1.54) is 5.57 Å². The van der Waals surface area contributed by atoms with Gasteiger partial charge >= 0.3 is 5.97 Å². The van der Waals surface area contributed by atoms with Crippen molar-refractivity contribution < 1.29 is 9.53 Å². The smallest absolute Gasteiger partial charge is 0.323 e. The van der Waals surface area contributed by atoms with Crippen LogP contribution in [0.3, 0.4) is 0 Å². The van der Waals surface area contributed by atoms with Crippen LogP contribution >= 0.6 is 11.8 Å². The maximum absolute atomic E-state index is 11.9. The summed E-state index contributed by atoms with van der Waals surface area (Å²) in [5.74, 6) is -0.0707. The van der Waals surface area contributed by atoms with Crippen molar-refractivity contribution in [2.24, 2.45) is 5.41 Å². The molecule has 0 radical (unpaired) electrons. The summed E-state index contributed by atoms with van der Waals surface area (Å²) in [6.45, 7) is 12.4. The lowest BCUT2D eigenvalue weighted by Crippen LogP contribution is -2.27. The van der Waals surface area contributed by atoms with E-state index in [2.05, 4.69) is 33.8 Å². The molecule has 0 aliphatic carbocycles. The van der Waals surface area contributed by atoms with Gasteiger partial charge in [-0.05, 0) is 27.2 Å². The average molecular weight is 242 g/mol. The second-order valence-corrected chi connectivity index (χ2v) is 7.33. The molecule has 3 heteroatoms. The van der Waals surface area contributed by atoms with Gasteiger partial charge in [-0.1, -0.05) is 44.2 Å². The normalized spacial score (nSPS) is 31.8. The van der Waals surface area contributed by atoms with Crippen molar-refractivity contribution in [1.82, 2.24) is 0 Å². The zero-order valence-electron chi connectivity index (χ0n) is 11.1. The van der Waals surface area contributed by atoms with Gasteiger partial charge in [0.1, 0.15) is 4.75 Å². The fourth-order valence-electron chi connectivity index (χ4n) is 1.63. The molecular weight excluding hydrogens is 220 g/mol. The van der Waals surface area contributed by atoms with E-state index in [1.807, 2.05) is 13.8 Å². The molecule has 1 aliphatic rings. The molecule has 0 amide bonds. The van der Waals surface area contributed by atoms with Gasteiger partial charge in [-0.3, -0.25) is 4.79 Å². The van der Waals surface area contributed by atoms with Crippen molar-refractivity contribution in [3.05, 3.63) is 11.6 Å². The number of carbonyl (C=O) groups excluding carboxylic acids is 1. The highest BCUT2D eigenvalue weighted by Gasteiger charge is 2.49. The highest BCUT2D eigenvalue weighted by Crippen LogP contribution is 2.48. The third-order valence-corrected chi connectivity index (χ3v) is 4.68. The number of thioether (sulfide) groups is 1. The maximum atomic E-state index is 11.9. The van der Waals surface area contributed by atoms with E-state index in [4.69, 9.17) is 4.74 Å². The molecule has 92 valence electrons. The molecular formula is C13H22O2S. The molecule has 1 fully saturated rings. The summed E-state index contributed by atoms with van der Waals surface area (Å²) in [5, 5.41) is 0. The summed E-state index contributed by atoms with van der Waals surface area (Å²) in [5.41, 5.74) is 1.21. The molecule has 0 aromatic carbocycles. The van der Waals surface area contributed by atoms with Gasteiger partial charge in [-0.25, -0.2) is 0 Å². The van der Waals surface area contributed by atoms with Crippen LogP contribution in [-0.2, 0) is 9.53 Å². The Labute approximate surface area is 103 Å². The van der Waals surface area contributed by atoms with Crippen molar-refractivity contribution in [2.75, 3.05) is 0 Å². The van der Waals surface area contributed by atoms with Crippen molar-refractivity contribution in [1.29, 1.82) is 0 Å². The Morgan fingerprint density at radius 1 is 1.56 bits per heavy atom. The summed E-state index contributed by atoms with van der Waals surface area (Å²) in [6.07, 6.45) is 2.84. The van der Waals surface area contributed by atoms with E-state index in [0.717, 1.165) is 6.42 Å². The van der Waals surface area contributed by atoms with Crippen LogP contribution < -0.4 is 0 Å². The fourth-order valence-corrected chi connectivity index (χ4v) is 3.05. The number of carbonyl (C=O) groups is 1. The molecule has 0 bridgehead atoms. The molecule has 1 saturated heterocycles. The van der Waals surface area contributed by atoms with Crippen LogP contribution in [0.15, 0.2) is 11.6 Å². The van der Waals surface area contributed by atoms with Crippen LogP contribution in [-0.4, -0.2) is 16.2 Å². The van der Waals surface area contributed by atoms with Crippen molar-refractivity contribution in [3.8, 4) is 0 Å². The molecule has 0 unspecified atom stereocenters. The molecule has 0 N–H and O–H groups in total. The van der Waals surface area contributed by atoms with Gasteiger partial charge in [-0.2, -0.15) is 0 Å². The topological polar surface area (TPSA) is 26.3 Å². The lowest BCUT2D eigenvalue weighted by Gasteiger charge is -2.25.